The minimum Gasteiger partial charge on any atom is -0.466 e. The minimum atomic E-state index is -0.319. The van der Waals surface area contributed by atoms with Crippen LogP contribution in [0.15, 0.2) is 30.3 Å². The first kappa shape index (κ1) is 14.6. The van der Waals surface area contributed by atoms with Gasteiger partial charge in [-0.15, -0.1) is 0 Å². The lowest BCUT2D eigenvalue weighted by molar-refractivity contribution is -0.150. The van der Waals surface area contributed by atoms with Gasteiger partial charge in [-0.2, -0.15) is 0 Å². The molecule has 0 amide bonds. The predicted molar refractivity (Wildman–Crippen MR) is 74.2 cm³/mol. The van der Waals surface area contributed by atoms with Gasteiger partial charge in [-0.3, -0.25) is 4.79 Å². The maximum atomic E-state index is 12.0. The second-order valence-corrected chi connectivity index (χ2v) is 5.01. The molecule has 0 radical (unpaired) electrons. The van der Waals surface area contributed by atoms with Crippen molar-refractivity contribution in [3.8, 4) is 0 Å². The highest BCUT2D eigenvalue weighted by Gasteiger charge is 2.30. The molecule has 4 nitrogen and oxygen atoms in total. The fourth-order valence-corrected chi connectivity index (χ4v) is 2.52. The summed E-state index contributed by atoms with van der Waals surface area (Å²) in [4.78, 5) is 23.7. The van der Waals surface area contributed by atoms with Crippen LogP contribution < -0.4 is 0 Å². The van der Waals surface area contributed by atoms with Crippen molar-refractivity contribution in [1.82, 2.24) is 0 Å². The van der Waals surface area contributed by atoms with Crippen molar-refractivity contribution in [3.63, 3.8) is 0 Å². The highest BCUT2D eigenvalue weighted by molar-refractivity contribution is 5.89. The molecule has 2 rings (SSSR count). The Balaban J connectivity index is 1.90. The summed E-state index contributed by atoms with van der Waals surface area (Å²) < 4.78 is 10.5. The molecule has 4 heteroatoms. The molecule has 20 heavy (non-hydrogen) atoms. The van der Waals surface area contributed by atoms with E-state index in [9.17, 15) is 9.59 Å². The average molecular weight is 276 g/mol. The zero-order valence-corrected chi connectivity index (χ0v) is 11.7. The molecule has 1 aromatic carbocycles. The largest absolute Gasteiger partial charge is 0.466 e. The molecule has 0 spiro atoms. The highest BCUT2D eigenvalue weighted by atomic mass is 16.5. The van der Waals surface area contributed by atoms with Crippen LogP contribution in [0, 0.1) is 5.92 Å². The van der Waals surface area contributed by atoms with Crippen LogP contribution in [0.25, 0.3) is 0 Å². The standard InChI is InChI=1S/C16H20O4/c1-2-19-15(17)13-9-6-10-14(11-13)20-16(18)12-7-4-3-5-8-12/h3-5,7-8,13-14H,2,6,9-11H2,1H3. The fraction of sp³-hybridized carbons (Fsp3) is 0.500. The number of esters is 2. The number of carbonyl (C=O) groups excluding carboxylic acids is 2. The molecule has 0 aromatic heterocycles. The third-order valence-electron chi connectivity index (χ3n) is 3.53. The van der Waals surface area contributed by atoms with E-state index in [-0.39, 0.29) is 24.0 Å². The van der Waals surface area contributed by atoms with E-state index in [0.717, 1.165) is 19.3 Å². The van der Waals surface area contributed by atoms with Gasteiger partial charge in [-0.05, 0) is 44.7 Å². The van der Waals surface area contributed by atoms with E-state index in [4.69, 9.17) is 9.47 Å². The summed E-state index contributed by atoms with van der Waals surface area (Å²) in [5.41, 5.74) is 0.547. The smallest absolute Gasteiger partial charge is 0.338 e. The summed E-state index contributed by atoms with van der Waals surface area (Å²) in [5.74, 6) is -0.634. The number of carbonyl (C=O) groups is 2. The first-order valence-electron chi connectivity index (χ1n) is 7.13. The quantitative estimate of drug-likeness (QED) is 0.793. The van der Waals surface area contributed by atoms with Gasteiger partial charge in [0.25, 0.3) is 0 Å². The monoisotopic (exact) mass is 276 g/mol. The van der Waals surface area contributed by atoms with E-state index in [2.05, 4.69) is 0 Å². The van der Waals surface area contributed by atoms with E-state index >= 15 is 0 Å². The maximum absolute atomic E-state index is 12.0. The van der Waals surface area contributed by atoms with E-state index < -0.39 is 0 Å². The highest BCUT2D eigenvalue weighted by Crippen LogP contribution is 2.28. The number of rotatable bonds is 4. The minimum absolute atomic E-state index is 0.141. The number of ether oxygens (including phenoxy) is 2. The van der Waals surface area contributed by atoms with E-state index in [1.54, 1.807) is 31.2 Å². The maximum Gasteiger partial charge on any atom is 0.338 e. The summed E-state index contributed by atoms with van der Waals surface area (Å²) in [6.07, 6.45) is 2.89. The zero-order valence-electron chi connectivity index (χ0n) is 11.7. The SMILES string of the molecule is CCOC(=O)C1CCCC(OC(=O)c2ccccc2)C1. The van der Waals surface area contributed by atoms with Gasteiger partial charge in [0.05, 0.1) is 18.1 Å². The van der Waals surface area contributed by atoms with Gasteiger partial charge in [0.1, 0.15) is 6.10 Å². The normalized spacial score (nSPS) is 22.1. The fourth-order valence-electron chi connectivity index (χ4n) is 2.52. The molecule has 108 valence electrons. The Morgan fingerprint density at radius 3 is 2.65 bits per heavy atom. The summed E-state index contributed by atoms with van der Waals surface area (Å²) in [5, 5.41) is 0. The lowest BCUT2D eigenvalue weighted by Crippen LogP contribution is -2.30. The number of hydrogen-bond donors (Lipinski definition) is 0. The first-order valence-corrected chi connectivity index (χ1v) is 7.13. The van der Waals surface area contributed by atoms with Crippen molar-refractivity contribution >= 4 is 11.9 Å². The zero-order chi connectivity index (χ0) is 14.4. The van der Waals surface area contributed by atoms with Crippen LogP contribution in [0.3, 0.4) is 0 Å². The lowest BCUT2D eigenvalue weighted by atomic mass is 9.87. The molecule has 0 N–H and O–H groups in total. The Kier molecular flexibility index (Phi) is 5.16. The Morgan fingerprint density at radius 2 is 1.95 bits per heavy atom. The van der Waals surface area contributed by atoms with Crippen molar-refractivity contribution in [2.75, 3.05) is 6.61 Å². The Bertz CT molecular complexity index is 455. The van der Waals surface area contributed by atoms with Crippen LogP contribution >= 0.6 is 0 Å². The molecule has 1 aliphatic rings. The second kappa shape index (κ2) is 7.08. The third-order valence-corrected chi connectivity index (χ3v) is 3.53. The molecule has 0 bridgehead atoms. The van der Waals surface area contributed by atoms with Crippen LogP contribution in [-0.4, -0.2) is 24.6 Å². The number of benzene rings is 1. The summed E-state index contributed by atoms with van der Waals surface area (Å²) in [6, 6.07) is 8.92. The molecule has 1 aromatic rings. The van der Waals surface area contributed by atoms with Crippen molar-refractivity contribution in [2.45, 2.75) is 38.7 Å². The van der Waals surface area contributed by atoms with Crippen LogP contribution in [0.4, 0.5) is 0 Å². The van der Waals surface area contributed by atoms with E-state index in [0.29, 0.717) is 18.6 Å². The third kappa shape index (κ3) is 3.83. The Labute approximate surface area is 119 Å². The molecule has 1 fully saturated rings. The molecule has 1 saturated carbocycles. The Morgan fingerprint density at radius 1 is 1.20 bits per heavy atom. The van der Waals surface area contributed by atoms with Crippen LogP contribution in [0.1, 0.15) is 43.0 Å². The second-order valence-electron chi connectivity index (χ2n) is 5.01. The van der Waals surface area contributed by atoms with E-state index in [1.165, 1.54) is 0 Å². The molecule has 1 aliphatic carbocycles. The van der Waals surface area contributed by atoms with E-state index in [1.807, 2.05) is 6.07 Å². The van der Waals surface area contributed by atoms with Gasteiger partial charge in [-0.25, -0.2) is 4.79 Å². The van der Waals surface area contributed by atoms with Crippen LogP contribution in [0.5, 0.6) is 0 Å². The summed E-state index contributed by atoms with van der Waals surface area (Å²) >= 11 is 0. The molecular formula is C16H20O4. The van der Waals surface area contributed by atoms with Crippen molar-refractivity contribution in [3.05, 3.63) is 35.9 Å². The van der Waals surface area contributed by atoms with Gasteiger partial charge < -0.3 is 9.47 Å². The van der Waals surface area contributed by atoms with Gasteiger partial charge in [-0.1, -0.05) is 18.2 Å². The van der Waals surface area contributed by atoms with Gasteiger partial charge in [0, 0.05) is 0 Å². The first-order chi connectivity index (χ1) is 9.70. The van der Waals surface area contributed by atoms with Crippen molar-refractivity contribution in [2.24, 2.45) is 5.92 Å². The number of hydrogen-bond acceptors (Lipinski definition) is 4. The molecule has 0 aliphatic heterocycles. The van der Waals surface area contributed by atoms with Crippen molar-refractivity contribution < 1.29 is 19.1 Å². The average Bonchev–Trinajstić information content (AvgIpc) is 2.48. The van der Waals surface area contributed by atoms with Gasteiger partial charge in [0.15, 0.2) is 0 Å². The summed E-state index contributed by atoms with van der Waals surface area (Å²) in [6.45, 7) is 2.19. The predicted octanol–water partition coefficient (Wildman–Crippen LogP) is 2.97. The van der Waals surface area contributed by atoms with Crippen molar-refractivity contribution in [1.29, 1.82) is 0 Å². The molecule has 0 saturated heterocycles. The van der Waals surface area contributed by atoms with Gasteiger partial charge >= 0.3 is 11.9 Å². The molecule has 2 atom stereocenters. The topological polar surface area (TPSA) is 52.6 Å². The lowest BCUT2D eigenvalue weighted by Gasteiger charge is -2.27. The van der Waals surface area contributed by atoms with Crippen LogP contribution in [-0.2, 0) is 14.3 Å². The molecule has 0 heterocycles. The Hall–Kier alpha value is -1.84. The van der Waals surface area contributed by atoms with Crippen LogP contribution in [0.2, 0.25) is 0 Å². The van der Waals surface area contributed by atoms with Gasteiger partial charge in [0.2, 0.25) is 0 Å². The molecule has 2 unspecified atom stereocenters. The summed E-state index contributed by atoms with van der Waals surface area (Å²) in [7, 11) is 0. The molecular weight excluding hydrogens is 256 g/mol.